The second-order valence-electron chi connectivity index (χ2n) is 7.89. The molecule has 2 aliphatic rings. The molecule has 0 aliphatic carbocycles. The quantitative estimate of drug-likeness (QED) is 0.626. The predicted octanol–water partition coefficient (Wildman–Crippen LogP) is 2.50. The number of amides is 2. The number of carbonyl (C=O) groups is 2. The molecule has 2 saturated heterocycles. The molecule has 31 heavy (non-hydrogen) atoms. The number of carbonyl (C=O) groups excluding carboxylic acids is 2. The van der Waals surface area contributed by atoms with Crippen LogP contribution < -0.4 is 0 Å². The van der Waals surface area contributed by atoms with Gasteiger partial charge in [-0.1, -0.05) is 6.07 Å². The topological polar surface area (TPSA) is 88.5 Å². The van der Waals surface area contributed by atoms with Crippen molar-refractivity contribution in [2.75, 3.05) is 39.4 Å². The average Bonchev–Trinajstić information content (AvgIpc) is 3.44. The van der Waals surface area contributed by atoms with Crippen molar-refractivity contribution in [1.29, 1.82) is 0 Å². The lowest BCUT2D eigenvalue weighted by molar-refractivity contribution is 0.0305. The minimum absolute atomic E-state index is 0.0375. The number of likely N-dealkylation sites (tertiary alicyclic amines) is 1. The summed E-state index contributed by atoms with van der Waals surface area (Å²) in [5, 5.41) is 1.01. The van der Waals surface area contributed by atoms with Crippen LogP contribution in [0.5, 0.6) is 0 Å². The van der Waals surface area contributed by atoms with Crippen LogP contribution in [0, 0.1) is 6.92 Å². The summed E-state index contributed by atoms with van der Waals surface area (Å²) in [7, 11) is 0. The van der Waals surface area contributed by atoms with Gasteiger partial charge in [-0.15, -0.1) is 11.3 Å². The van der Waals surface area contributed by atoms with Crippen molar-refractivity contribution in [3.8, 4) is 0 Å². The number of thiophene rings is 1. The minimum Gasteiger partial charge on any atom is -0.378 e. The molecule has 1 atom stereocenters. The molecule has 8 nitrogen and oxygen atoms in total. The number of aryl methyl sites for hydroxylation is 1. The lowest BCUT2D eigenvalue weighted by atomic mass is 9.95. The summed E-state index contributed by atoms with van der Waals surface area (Å²) < 4.78 is 5.41. The molecule has 0 radical (unpaired) electrons. The third-order valence-electron chi connectivity index (χ3n) is 5.88. The van der Waals surface area contributed by atoms with E-state index in [2.05, 4.69) is 15.0 Å². The molecule has 5 rings (SSSR count). The van der Waals surface area contributed by atoms with Crippen molar-refractivity contribution in [1.82, 2.24) is 24.8 Å². The van der Waals surface area contributed by atoms with Gasteiger partial charge in [0.2, 0.25) is 0 Å². The van der Waals surface area contributed by atoms with E-state index in [4.69, 9.17) is 4.74 Å². The third kappa shape index (κ3) is 3.79. The van der Waals surface area contributed by atoms with E-state index in [1.807, 2.05) is 28.9 Å². The normalized spacial score (nSPS) is 19.2. The van der Waals surface area contributed by atoms with Gasteiger partial charge < -0.3 is 14.5 Å². The molecule has 0 bridgehead atoms. The number of pyridine rings is 1. The smallest absolute Gasteiger partial charge is 0.274 e. The molecule has 0 spiro atoms. The fraction of sp³-hybridized carbons (Fsp3) is 0.409. The molecule has 9 heteroatoms. The number of hydrogen-bond acceptors (Lipinski definition) is 7. The highest BCUT2D eigenvalue weighted by atomic mass is 32.1. The Bertz CT molecular complexity index is 1120. The molecule has 160 valence electrons. The van der Waals surface area contributed by atoms with Gasteiger partial charge in [-0.25, -0.2) is 9.97 Å². The average molecular weight is 438 g/mol. The van der Waals surface area contributed by atoms with Crippen LogP contribution in [0.4, 0.5) is 0 Å². The lowest BCUT2D eigenvalue weighted by Gasteiger charge is -2.27. The van der Waals surface area contributed by atoms with Crippen molar-refractivity contribution < 1.29 is 14.3 Å². The number of fused-ring (bicyclic) bond motifs is 1. The van der Waals surface area contributed by atoms with Gasteiger partial charge in [0.05, 0.1) is 30.0 Å². The molecule has 3 aromatic heterocycles. The van der Waals surface area contributed by atoms with Crippen molar-refractivity contribution in [2.45, 2.75) is 19.3 Å². The molecule has 3 aromatic rings. The molecule has 0 N–H and O–H groups in total. The molecular weight excluding hydrogens is 414 g/mol. The van der Waals surface area contributed by atoms with E-state index in [-0.39, 0.29) is 17.7 Å². The van der Waals surface area contributed by atoms with Crippen LogP contribution in [0.1, 0.15) is 43.8 Å². The van der Waals surface area contributed by atoms with Crippen LogP contribution in [-0.4, -0.2) is 76.0 Å². The van der Waals surface area contributed by atoms with Crippen LogP contribution in [0.25, 0.3) is 10.2 Å². The SMILES string of the molecule is Cc1cnc(C(=O)N2CCC(c3c(C(=O)N4CCOCC4)sc4ncccc34)C2)cn1. The van der Waals surface area contributed by atoms with Crippen LogP contribution in [0.2, 0.25) is 0 Å². The third-order valence-corrected chi connectivity index (χ3v) is 7.00. The van der Waals surface area contributed by atoms with Gasteiger partial charge in [0, 0.05) is 49.9 Å². The van der Waals surface area contributed by atoms with Crippen molar-refractivity contribution in [2.24, 2.45) is 0 Å². The maximum Gasteiger partial charge on any atom is 0.274 e. The Kier molecular flexibility index (Phi) is 5.37. The zero-order valence-electron chi connectivity index (χ0n) is 17.3. The Morgan fingerprint density at radius 3 is 2.68 bits per heavy atom. The van der Waals surface area contributed by atoms with Gasteiger partial charge in [0.15, 0.2) is 0 Å². The van der Waals surface area contributed by atoms with Crippen LogP contribution in [-0.2, 0) is 4.74 Å². The number of morpholine rings is 1. The minimum atomic E-state index is -0.117. The molecule has 0 aromatic carbocycles. The van der Waals surface area contributed by atoms with Crippen LogP contribution in [0.3, 0.4) is 0 Å². The zero-order chi connectivity index (χ0) is 21.4. The molecule has 1 unspecified atom stereocenters. The van der Waals surface area contributed by atoms with Gasteiger partial charge in [0.25, 0.3) is 11.8 Å². The number of nitrogens with zero attached hydrogens (tertiary/aromatic N) is 5. The fourth-order valence-corrected chi connectivity index (χ4v) is 5.47. The first-order chi connectivity index (χ1) is 15.1. The summed E-state index contributed by atoms with van der Waals surface area (Å²) in [5.74, 6) is 0.00416. The zero-order valence-corrected chi connectivity index (χ0v) is 18.1. The summed E-state index contributed by atoms with van der Waals surface area (Å²) in [6.45, 7) is 5.35. The van der Waals surface area contributed by atoms with Crippen molar-refractivity contribution in [3.05, 3.63) is 52.6 Å². The largest absolute Gasteiger partial charge is 0.378 e. The van der Waals surface area contributed by atoms with E-state index in [1.165, 1.54) is 17.5 Å². The second-order valence-corrected chi connectivity index (χ2v) is 8.88. The van der Waals surface area contributed by atoms with E-state index < -0.39 is 0 Å². The molecule has 2 amide bonds. The summed E-state index contributed by atoms with van der Waals surface area (Å²) in [5.41, 5.74) is 2.15. The van der Waals surface area contributed by atoms with E-state index in [0.717, 1.165) is 32.8 Å². The van der Waals surface area contributed by atoms with Gasteiger partial charge in [0.1, 0.15) is 10.5 Å². The van der Waals surface area contributed by atoms with Crippen molar-refractivity contribution in [3.63, 3.8) is 0 Å². The first-order valence-electron chi connectivity index (χ1n) is 10.4. The highest BCUT2D eigenvalue weighted by Gasteiger charge is 2.34. The first-order valence-corrected chi connectivity index (χ1v) is 11.3. The first kappa shape index (κ1) is 20.0. The van der Waals surface area contributed by atoms with E-state index in [1.54, 1.807) is 12.4 Å². The molecule has 2 aliphatic heterocycles. The summed E-state index contributed by atoms with van der Waals surface area (Å²) in [4.78, 5) is 44.5. The highest BCUT2D eigenvalue weighted by Crippen LogP contribution is 2.40. The Morgan fingerprint density at radius 1 is 1.06 bits per heavy atom. The molecule has 0 saturated carbocycles. The molecule has 2 fully saturated rings. The monoisotopic (exact) mass is 437 g/mol. The Morgan fingerprint density at radius 2 is 1.90 bits per heavy atom. The fourth-order valence-electron chi connectivity index (χ4n) is 4.27. The number of hydrogen-bond donors (Lipinski definition) is 0. The maximum atomic E-state index is 13.4. The Balaban J connectivity index is 1.45. The van der Waals surface area contributed by atoms with E-state index >= 15 is 0 Å². The highest BCUT2D eigenvalue weighted by molar-refractivity contribution is 7.20. The summed E-state index contributed by atoms with van der Waals surface area (Å²) >= 11 is 1.45. The van der Waals surface area contributed by atoms with Gasteiger partial charge in [-0.2, -0.15) is 0 Å². The number of ether oxygens (including phenoxy) is 1. The van der Waals surface area contributed by atoms with E-state index in [0.29, 0.717) is 45.1 Å². The molecule has 5 heterocycles. The van der Waals surface area contributed by atoms with Gasteiger partial charge >= 0.3 is 0 Å². The Labute approximate surface area is 183 Å². The summed E-state index contributed by atoms with van der Waals surface area (Å²) in [6.07, 6.45) is 5.70. The van der Waals surface area contributed by atoms with Crippen molar-refractivity contribution >= 4 is 33.4 Å². The number of aromatic nitrogens is 3. The second kappa shape index (κ2) is 8.32. The van der Waals surface area contributed by atoms with Gasteiger partial charge in [-0.3, -0.25) is 14.6 Å². The van der Waals surface area contributed by atoms with E-state index in [9.17, 15) is 9.59 Å². The lowest BCUT2D eigenvalue weighted by Crippen LogP contribution is -2.40. The van der Waals surface area contributed by atoms with Crippen LogP contribution >= 0.6 is 11.3 Å². The summed E-state index contributed by atoms with van der Waals surface area (Å²) in [6, 6.07) is 3.93. The Hall–Kier alpha value is -2.91. The predicted molar refractivity (Wildman–Crippen MR) is 116 cm³/mol. The standard InChI is InChI=1S/C22H23N5O3S/c1-14-11-25-17(12-24-14)21(28)27-6-4-15(13-27)18-16-3-2-5-23-20(16)31-19(18)22(29)26-7-9-30-10-8-26/h2-3,5,11-12,15H,4,6-10,13H2,1H3. The maximum absolute atomic E-state index is 13.4. The van der Waals surface area contributed by atoms with Crippen LogP contribution in [0.15, 0.2) is 30.7 Å². The number of rotatable bonds is 3. The molecular formula is C22H23N5O3S. The van der Waals surface area contributed by atoms with Gasteiger partial charge in [-0.05, 0) is 25.0 Å².